The molecular formula is C6H15NaO5. The molecule has 0 heterocycles. The molecule has 0 saturated heterocycles. The van der Waals surface area contributed by atoms with Gasteiger partial charge in [-0.05, 0) is 0 Å². The summed E-state index contributed by atoms with van der Waals surface area (Å²) >= 11 is 0. The third-order valence-electron chi connectivity index (χ3n) is 0.605. The van der Waals surface area contributed by atoms with Crippen LogP contribution >= 0.6 is 0 Å². The number of hydrogen-bond donors (Lipinski definition) is 2. The van der Waals surface area contributed by atoms with E-state index < -0.39 is 11.9 Å². The van der Waals surface area contributed by atoms with Crippen LogP contribution in [0.25, 0.3) is 0 Å². The van der Waals surface area contributed by atoms with Gasteiger partial charge in [0.25, 0.3) is 0 Å². The summed E-state index contributed by atoms with van der Waals surface area (Å²) < 4.78 is 0. The first-order valence-corrected chi connectivity index (χ1v) is 2.98. The molecule has 0 spiro atoms. The van der Waals surface area contributed by atoms with E-state index in [-0.39, 0.29) is 47.9 Å². The van der Waals surface area contributed by atoms with Crippen LogP contribution in [0.5, 0.6) is 0 Å². The van der Waals surface area contributed by atoms with Crippen LogP contribution in [-0.4, -0.2) is 57.2 Å². The van der Waals surface area contributed by atoms with Crippen molar-refractivity contribution in [2.75, 3.05) is 0 Å². The van der Waals surface area contributed by atoms with Crippen molar-refractivity contribution in [1.29, 1.82) is 0 Å². The molecule has 6 heteroatoms. The number of carbonyl (C=O) groups is 2. The molecule has 0 bridgehead atoms. The Kier molecular flexibility index (Phi) is 32.3. The van der Waals surface area contributed by atoms with Gasteiger partial charge in [-0.2, -0.15) is 0 Å². The van der Waals surface area contributed by atoms with Crippen molar-refractivity contribution in [2.45, 2.75) is 26.7 Å². The maximum atomic E-state index is 9.37. The Bertz CT molecular complexity index is 101. The molecule has 0 aromatic rings. The average molecular weight is 190 g/mol. The fourth-order valence-corrected chi connectivity index (χ4v) is 0. The van der Waals surface area contributed by atoms with Crippen LogP contribution < -0.4 is 0 Å². The minimum absolute atomic E-state index is 0. The number of rotatable bonds is 2. The zero-order chi connectivity index (χ0) is 8.57. The van der Waals surface area contributed by atoms with E-state index in [0.29, 0.717) is 0 Å². The zero-order valence-electron chi connectivity index (χ0n) is 6.63. The van der Waals surface area contributed by atoms with Crippen molar-refractivity contribution in [1.82, 2.24) is 0 Å². The van der Waals surface area contributed by atoms with Gasteiger partial charge in [0.1, 0.15) is 0 Å². The van der Waals surface area contributed by atoms with E-state index in [2.05, 4.69) is 0 Å². The van der Waals surface area contributed by atoms with Gasteiger partial charge in [0.2, 0.25) is 0 Å². The van der Waals surface area contributed by atoms with Crippen molar-refractivity contribution in [3.05, 3.63) is 0 Å². The molecule has 0 aliphatic heterocycles. The summed E-state index contributed by atoms with van der Waals surface area (Å²) in [5.74, 6) is -1.49. The molecule has 0 aromatic heterocycles. The Morgan fingerprint density at radius 2 is 1.08 bits per heavy atom. The molecule has 0 radical (unpaired) electrons. The Morgan fingerprint density at radius 3 is 1.08 bits per heavy atom. The molecule has 0 amide bonds. The quantitative estimate of drug-likeness (QED) is 0.572. The van der Waals surface area contributed by atoms with Crippen molar-refractivity contribution >= 4 is 41.5 Å². The first-order valence-electron chi connectivity index (χ1n) is 2.98. The van der Waals surface area contributed by atoms with Crippen LogP contribution in [0, 0.1) is 0 Å². The second-order valence-electron chi connectivity index (χ2n) is 1.49. The molecule has 0 aliphatic rings. The predicted molar refractivity (Wildman–Crippen MR) is 46.6 cm³/mol. The second kappa shape index (κ2) is 17.1. The predicted octanol–water partition coefficient (Wildman–Crippen LogP) is -0.511. The third kappa shape index (κ3) is 51.6. The maximum absolute atomic E-state index is 9.37. The number of carboxylic acids is 2. The number of aliphatic carboxylic acids is 2. The molecule has 0 aromatic carbocycles. The molecule has 70 valence electrons. The van der Waals surface area contributed by atoms with E-state index >= 15 is 0 Å². The van der Waals surface area contributed by atoms with Crippen molar-refractivity contribution in [3.63, 3.8) is 0 Å². The minimum atomic E-state index is -0.745. The molecular weight excluding hydrogens is 175 g/mol. The Balaban J connectivity index is -0.0000000457. The SMILES string of the molecule is CCC(=O)O.CCC(=O)O.O.[NaH]. The van der Waals surface area contributed by atoms with Crippen molar-refractivity contribution < 1.29 is 25.3 Å². The summed E-state index contributed by atoms with van der Waals surface area (Å²) in [5, 5.41) is 15.4. The van der Waals surface area contributed by atoms with E-state index in [1.54, 1.807) is 13.8 Å². The monoisotopic (exact) mass is 190 g/mol. The summed E-state index contributed by atoms with van der Waals surface area (Å²) in [4.78, 5) is 18.7. The summed E-state index contributed by atoms with van der Waals surface area (Å²) in [6.07, 6.45) is 0.444. The van der Waals surface area contributed by atoms with Gasteiger partial charge in [-0.15, -0.1) is 0 Å². The summed E-state index contributed by atoms with van der Waals surface area (Å²) in [7, 11) is 0. The first-order chi connectivity index (χ1) is 4.54. The van der Waals surface area contributed by atoms with Crippen LogP contribution in [-0.2, 0) is 9.59 Å². The molecule has 0 saturated carbocycles. The zero-order valence-corrected chi connectivity index (χ0v) is 6.63. The van der Waals surface area contributed by atoms with E-state index in [4.69, 9.17) is 10.2 Å². The Hall–Kier alpha value is -0.100. The third-order valence-corrected chi connectivity index (χ3v) is 0.605. The number of carboxylic acid groups (broad SMARTS) is 2. The molecule has 0 fully saturated rings. The fourth-order valence-electron chi connectivity index (χ4n) is 0. The van der Waals surface area contributed by atoms with Gasteiger partial charge < -0.3 is 15.7 Å². The summed E-state index contributed by atoms with van der Waals surface area (Å²) in [6.45, 7) is 3.20. The van der Waals surface area contributed by atoms with Gasteiger partial charge >= 0.3 is 41.5 Å². The van der Waals surface area contributed by atoms with Gasteiger partial charge in [-0.3, -0.25) is 9.59 Å². The van der Waals surface area contributed by atoms with Crippen LogP contribution in [0.3, 0.4) is 0 Å². The molecule has 5 nitrogen and oxygen atoms in total. The fraction of sp³-hybridized carbons (Fsp3) is 0.667. The summed E-state index contributed by atoms with van der Waals surface area (Å²) in [6, 6.07) is 0. The van der Waals surface area contributed by atoms with Crippen LogP contribution in [0.1, 0.15) is 26.7 Å². The van der Waals surface area contributed by atoms with Gasteiger partial charge in [-0.1, -0.05) is 13.8 Å². The Morgan fingerprint density at radius 1 is 1.00 bits per heavy atom. The topological polar surface area (TPSA) is 106 Å². The van der Waals surface area contributed by atoms with Gasteiger partial charge in [0.15, 0.2) is 0 Å². The standard InChI is InChI=1S/2C3H6O2.Na.H2O.H/c2*1-2-3(4)5;;;/h2*2H2,1H3,(H,4,5);;1H2;. The van der Waals surface area contributed by atoms with Gasteiger partial charge in [0.05, 0.1) is 0 Å². The second-order valence-corrected chi connectivity index (χ2v) is 1.49. The van der Waals surface area contributed by atoms with Gasteiger partial charge in [-0.25, -0.2) is 0 Å². The first kappa shape index (κ1) is 22.7. The molecule has 0 aliphatic carbocycles. The molecule has 12 heavy (non-hydrogen) atoms. The van der Waals surface area contributed by atoms with E-state index in [0.717, 1.165) is 0 Å². The van der Waals surface area contributed by atoms with Crippen LogP contribution in [0.4, 0.5) is 0 Å². The van der Waals surface area contributed by atoms with E-state index in [1.807, 2.05) is 0 Å². The molecule has 0 rings (SSSR count). The number of hydrogen-bond acceptors (Lipinski definition) is 2. The van der Waals surface area contributed by atoms with Crippen molar-refractivity contribution in [2.24, 2.45) is 0 Å². The van der Waals surface area contributed by atoms with Gasteiger partial charge in [0, 0.05) is 12.8 Å². The van der Waals surface area contributed by atoms with Crippen molar-refractivity contribution in [3.8, 4) is 0 Å². The Labute approximate surface area is 93.4 Å². The van der Waals surface area contributed by atoms with E-state index in [9.17, 15) is 9.59 Å². The van der Waals surface area contributed by atoms with Crippen LogP contribution in [0.2, 0.25) is 0 Å². The van der Waals surface area contributed by atoms with Crippen LogP contribution in [0.15, 0.2) is 0 Å². The summed E-state index contributed by atoms with van der Waals surface area (Å²) in [5.41, 5.74) is 0. The molecule has 0 unspecified atom stereocenters. The molecule has 0 atom stereocenters. The molecule has 4 N–H and O–H groups in total. The average Bonchev–Trinajstić information content (AvgIpc) is 1.89. The normalized spacial score (nSPS) is 6.17. The van der Waals surface area contributed by atoms with E-state index in [1.165, 1.54) is 0 Å².